The molecule has 0 saturated carbocycles. The van der Waals surface area contributed by atoms with E-state index in [0.717, 1.165) is 29.9 Å². The quantitative estimate of drug-likeness (QED) is 0.901. The highest BCUT2D eigenvalue weighted by atomic mass is 32.2. The van der Waals surface area contributed by atoms with Gasteiger partial charge in [0.25, 0.3) is 0 Å². The number of aryl methyl sites for hydroxylation is 1. The fourth-order valence-electron chi connectivity index (χ4n) is 3.92. The Bertz CT molecular complexity index is 926. The first-order chi connectivity index (χ1) is 12.4. The normalized spacial score (nSPS) is 20.7. The van der Waals surface area contributed by atoms with E-state index >= 15 is 0 Å². The fourth-order valence-corrected chi connectivity index (χ4v) is 5.49. The lowest BCUT2D eigenvalue weighted by atomic mass is 10.1. The summed E-state index contributed by atoms with van der Waals surface area (Å²) in [6.07, 6.45) is 0.885. The molecule has 2 aromatic carbocycles. The zero-order valence-corrected chi connectivity index (χ0v) is 16.1. The largest absolute Gasteiger partial charge is 0.384 e. The molecule has 2 aromatic rings. The van der Waals surface area contributed by atoms with Crippen molar-refractivity contribution in [3.05, 3.63) is 53.6 Å². The number of rotatable bonds is 3. The van der Waals surface area contributed by atoms with Gasteiger partial charge in [0.15, 0.2) is 0 Å². The summed E-state index contributed by atoms with van der Waals surface area (Å²) in [5, 5.41) is 3.28. The van der Waals surface area contributed by atoms with E-state index in [-0.39, 0.29) is 6.04 Å². The molecular formula is C20H25N3O2S. The van der Waals surface area contributed by atoms with Crippen LogP contribution in [0.3, 0.4) is 0 Å². The van der Waals surface area contributed by atoms with Crippen molar-refractivity contribution in [2.75, 3.05) is 36.4 Å². The lowest BCUT2D eigenvalue weighted by Crippen LogP contribution is -2.53. The van der Waals surface area contributed by atoms with E-state index in [2.05, 4.69) is 48.3 Å². The number of piperazine rings is 1. The third kappa shape index (κ3) is 3.08. The molecule has 1 N–H and O–H groups in total. The maximum absolute atomic E-state index is 13.1. The number of hydrogen-bond donors (Lipinski definition) is 1. The van der Waals surface area contributed by atoms with Gasteiger partial charge in [-0.3, -0.25) is 0 Å². The summed E-state index contributed by atoms with van der Waals surface area (Å²) in [7, 11) is -3.45. The number of fused-ring (bicyclic) bond motifs is 1. The van der Waals surface area contributed by atoms with Crippen LogP contribution in [-0.4, -0.2) is 44.9 Å². The smallest absolute Gasteiger partial charge is 0.243 e. The Hall–Kier alpha value is -2.05. The summed E-state index contributed by atoms with van der Waals surface area (Å²) in [4.78, 5) is 2.71. The summed E-state index contributed by atoms with van der Waals surface area (Å²) in [6.45, 7) is 6.77. The van der Waals surface area contributed by atoms with Gasteiger partial charge in [-0.25, -0.2) is 8.42 Å². The number of hydrogen-bond acceptors (Lipinski definition) is 4. The summed E-state index contributed by atoms with van der Waals surface area (Å²) >= 11 is 0. The van der Waals surface area contributed by atoms with Crippen molar-refractivity contribution in [3.63, 3.8) is 0 Å². The number of benzene rings is 2. The molecular weight excluding hydrogens is 346 g/mol. The van der Waals surface area contributed by atoms with Gasteiger partial charge in [0.05, 0.1) is 4.90 Å². The van der Waals surface area contributed by atoms with Crippen molar-refractivity contribution in [1.29, 1.82) is 0 Å². The fraction of sp³-hybridized carbons (Fsp3) is 0.400. The number of anilines is 2. The third-order valence-electron chi connectivity index (χ3n) is 5.35. The van der Waals surface area contributed by atoms with Crippen LogP contribution in [0.4, 0.5) is 11.4 Å². The standard InChI is InChI=1S/C20H25N3O2S/c1-15-4-3-5-18(12-15)23-11-10-22(14-16(23)2)26(24,25)19-6-7-20-17(13-19)8-9-21-20/h3-7,12-13,16,21H,8-11,14H2,1-2H3. The molecule has 2 aliphatic rings. The van der Waals surface area contributed by atoms with Crippen LogP contribution in [0.1, 0.15) is 18.1 Å². The molecule has 1 saturated heterocycles. The van der Waals surface area contributed by atoms with Crippen LogP contribution in [0.15, 0.2) is 47.4 Å². The van der Waals surface area contributed by atoms with Gasteiger partial charge < -0.3 is 10.2 Å². The molecule has 5 nitrogen and oxygen atoms in total. The molecule has 1 fully saturated rings. The summed E-state index contributed by atoms with van der Waals surface area (Å²) in [5.41, 5.74) is 4.54. The van der Waals surface area contributed by atoms with E-state index in [1.807, 2.05) is 12.1 Å². The van der Waals surface area contributed by atoms with Crippen LogP contribution >= 0.6 is 0 Å². The number of nitrogens with one attached hydrogen (secondary N) is 1. The Morgan fingerprint density at radius 3 is 2.73 bits per heavy atom. The minimum absolute atomic E-state index is 0.136. The van der Waals surface area contributed by atoms with Crippen molar-refractivity contribution in [2.24, 2.45) is 0 Å². The minimum Gasteiger partial charge on any atom is -0.384 e. The number of sulfonamides is 1. The summed E-state index contributed by atoms with van der Waals surface area (Å²) in [5.74, 6) is 0. The Morgan fingerprint density at radius 2 is 1.96 bits per heavy atom. The molecule has 1 atom stereocenters. The average molecular weight is 372 g/mol. The Balaban J connectivity index is 1.54. The highest BCUT2D eigenvalue weighted by molar-refractivity contribution is 7.89. The highest BCUT2D eigenvalue weighted by Crippen LogP contribution is 2.29. The van der Waals surface area contributed by atoms with Gasteiger partial charge in [0.1, 0.15) is 0 Å². The lowest BCUT2D eigenvalue weighted by Gasteiger charge is -2.40. The first kappa shape index (κ1) is 17.4. The highest BCUT2D eigenvalue weighted by Gasteiger charge is 2.33. The molecule has 0 bridgehead atoms. The Morgan fingerprint density at radius 1 is 1.12 bits per heavy atom. The molecule has 4 rings (SSSR count). The van der Waals surface area contributed by atoms with Crippen LogP contribution in [0, 0.1) is 6.92 Å². The van der Waals surface area contributed by atoms with Gasteiger partial charge in [0, 0.05) is 43.6 Å². The van der Waals surface area contributed by atoms with E-state index in [1.165, 1.54) is 5.56 Å². The van der Waals surface area contributed by atoms with E-state index < -0.39 is 10.0 Å². The average Bonchev–Trinajstić information content (AvgIpc) is 3.09. The molecule has 6 heteroatoms. The predicted molar refractivity (Wildman–Crippen MR) is 105 cm³/mol. The van der Waals surface area contributed by atoms with E-state index in [4.69, 9.17) is 0 Å². The second-order valence-corrected chi connectivity index (χ2v) is 9.18. The maximum atomic E-state index is 13.1. The zero-order valence-electron chi connectivity index (χ0n) is 15.3. The van der Waals surface area contributed by atoms with Crippen LogP contribution in [0.5, 0.6) is 0 Å². The van der Waals surface area contributed by atoms with Crippen molar-refractivity contribution in [1.82, 2.24) is 4.31 Å². The van der Waals surface area contributed by atoms with Crippen molar-refractivity contribution < 1.29 is 8.42 Å². The molecule has 2 heterocycles. The van der Waals surface area contributed by atoms with E-state index in [0.29, 0.717) is 24.5 Å². The summed E-state index contributed by atoms with van der Waals surface area (Å²) < 4.78 is 27.9. The van der Waals surface area contributed by atoms with Gasteiger partial charge in [-0.15, -0.1) is 0 Å². The van der Waals surface area contributed by atoms with Crippen LogP contribution < -0.4 is 10.2 Å². The van der Waals surface area contributed by atoms with Gasteiger partial charge in [-0.1, -0.05) is 12.1 Å². The SMILES string of the molecule is Cc1cccc(N2CCN(S(=O)(=O)c3ccc4c(c3)CCN4)CC2C)c1. The lowest BCUT2D eigenvalue weighted by molar-refractivity contribution is 0.342. The van der Waals surface area contributed by atoms with Crippen LogP contribution in [0.2, 0.25) is 0 Å². The molecule has 0 aromatic heterocycles. The Kier molecular flexibility index (Phi) is 4.40. The Labute approximate surface area is 155 Å². The predicted octanol–water partition coefficient (Wildman–Crippen LogP) is 2.86. The van der Waals surface area contributed by atoms with Gasteiger partial charge in [-0.05, 0) is 61.7 Å². The number of nitrogens with zero attached hydrogens (tertiary/aromatic N) is 2. The van der Waals surface area contributed by atoms with Crippen LogP contribution in [-0.2, 0) is 16.4 Å². The maximum Gasteiger partial charge on any atom is 0.243 e. The molecule has 0 amide bonds. The second kappa shape index (κ2) is 6.59. The molecule has 0 aliphatic carbocycles. The topological polar surface area (TPSA) is 52.7 Å². The van der Waals surface area contributed by atoms with Gasteiger partial charge in [0.2, 0.25) is 10.0 Å². The van der Waals surface area contributed by atoms with E-state index in [1.54, 1.807) is 10.4 Å². The van der Waals surface area contributed by atoms with Crippen molar-refractivity contribution >= 4 is 21.4 Å². The molecule has 26 heavy (non-hydrogen) atoms. The van der Waals surface area contributed by atoms with Gasteiger partial charge >= 0.3 is 0 Å². The monoisotopic (exact) mass is 371 g/mol. The molecule has 0 radical (unpaired) electrons. The molecule has 0 spiro atoms. The van der Waals surface area contributed by atoms with Crippen LogP contribution in [0.25, 0.3) is 0 Å². The summed E-state index contributed by atoms with van der Waals surface area (Å²) in [6, 6.07) is 14.0. The first-order valence-electron chi connectivity index (χ1n) is 9.15. The minimum atomic E-state index is -3.45. The van der Waals surface area contributed by atoms with Crippen molar-refractivity contribution in [2.45, 2.75) is 31.2 Å². The first-order valence-corrected chi connectivity index (χ1v) is 10.6. The molecule has 2 aliphatic heterocycles. The molecule has 138 valence electrons. The zero-order chi connectivity index (χ0) is 18.3. The van der Waals surface area contributed by atoms with E-state index in [9.17, 15) is 8.42 Å². The third-order valence-corrected chi connectivity index (χ3v) is 7.21. The molecule has 1 unspecified atom stereocenters. The van der Waals surface area contributed by atoms with Gasteiger partial charge in [-0.2, -0.15) is 4.31 Å². The second-order valence-electron chi connectivity index (χ2n) is 7.24. The van der Waals surface area contributed by atoms with Crippen molar-refractivity contribution in [3.8, 4) is 0 Å².